The van der Waals surface area contributed by atoms with Crippen LogP contribution in [0.15, 0.2) is 59.9 Å². The molecule has 1 N–H and O–H groups in total. The van der Waals surface area contributed by atoms with E-state index in [2.05, 4.69) is 58.3 Å². The Morgan fingerprint density at radius 1 is 1.05 bits per heavy atom. The summed E-state index contributed by atoms with van der Waals surface area (Å²) >= 11 is 1.74. The predicted octanol–water partition coefficient (Wildman–Crippen LogP) is 4.71. The number of aromatic nitrogens is 3. The van der Waals surface area contributed by atoms with E-state index in [0.29, 0.717) is 0 Å². The summed E-state index contributed by atoms with van der Waals surface area (Å²) in [6.45, 7) is 2.12. The minimum atomic E-state index is 0.906. The zero-order valence-corrected chi connectivity index (χ0v) is 13.0. The lowest BCUT2D eigenvalue weighted by Gasteiger charge is -2.03. The summed E-state index contributed by atoms with van der Waals surface area (Å²) < 4.78 is 0. The summed E-state index contributed by atoms with van der Waals surface area (Å²) in [5.74, 6) is 0.906. The number of rotatable bonds is 3. The maximum absolute atomic E-state index is 4.46. The van der Waals surface area contributed by atoms with E-state index in [-0.39, 0.29) is 0 Å². The van der Waals surface area contributed by atoms with Crippen LogP contribution in [0, 0.1) is 6.92 Å². The van der Waals surface area contributed by atoms with Crippen molar-refractivity contribution in [1.82, 2.24) is 15.0 Å². The van der Waals surface area contributed by atoms with Crippen molar-refractivity contribution in [3.63, 3.8) is 0 Å². The maximum Gasteiger partial charge on any atom is 0.124 e. The van der Waals surface area contributed by atoms with Gasteiger partial charge in [-0.15, -0.1) is 0 Å². The van der Waals surface area contributed by atoms with Gasteiger partial charge >= 0.3 is 0 Å². The molecule has 4 rings (SSSR count). The highest BCUT2D eigenvalue weighted by molar-refractivity contribution is 7.98. The molecule has 0 unspecified atom stereocenters. The average Bonchev–Trinajstić information content (AvgIpc) is 2.92. The SMILES string of the molecule is Cc1cccc(CSc2ncnc3c2[nH]c2ccccc23)c1. The van der Waals surface area contributed by atoms with Gasteiger partial charge in [0.2, 0.25) is 0 Å². The summed E-state index contributed by atoms with van der Waals surface area (Å²) in [6.07, 6.45) is 1.65. The number of hydrogen-bond acceptors (Lipinski definition) is 3. The molecule has 0 radical (unpaired) electrons. The summed E-state index contributed by atoms with van der Waals surface area (Å²) in [4.78, 5) is 12.4. The Balaban J connectivity index is 1.72. The van der Waals surface area contributed by atoms with E-state index in [1.807, 2.05) is 12.1 Å². The van der Waals surface area contributed by atoms with Gasteiger partial charge in [0.1, 0.15) is 16.9 Å². The summed E-state index contributed by atoms with van der Waals surface area (Å²) in [6, 6.07) is 16.8. The van der Waals surface area contributed by atoms with Crippen LogP contribution in [-0.4, -0.2) is 15.0 Å². The van der Waals surface area contributed by atoms with Crippen molar-refractivity contribution in [2.24, 2.45) is 0 Å². The van der Waals surface area contributed by atoms with Crippen molar-refractivity contribution >= 4 is 33.7 Å². The molecule has 3 nitrogen and oxygen atoms in total. The van der Waals surface area contributed by atoms with Crippen LogP contribution in [0.3, 0.4) is 0 Å². The van der Waals surface area contributed by atoms with Crippen molar-refractivity contribution in [1.29, 1.82) is 0 Å². The van der Waals surface area contributed by atoms with Crippen LogP contribution in [0.2, 0.25) is 0 Å². The van der Waals surface area contributed by atoms with Crippen molar-refractivity contribution in [3.8, 4) is 0 Å². The smallest absolute Gasteiger partial charge is 0.124 e. The first-order valence-corrected chi connectivity index (χ1v) is 8.19. The van der Waals surface area contributed by atoms with Gasteiger partial charge in [-0.3, -0.25) is 0 Å². The molecule has 22 heavy (non-hydrogen) atoms. The average molecular weight is 305 g/mol. The Morgan fingerprint density at radius 3 is 2.86 bits per heavy atom. The second-order valence-corrected chi connectivity index (χ2v) is 6.31. The third-order valence-electron chi connectivity index (χ3n) is 3.71. The number of para-hydroxylation sites is 1. The predicted molar refractivity (Wildman–Crippen MR) is 92.1 cm³/mol. The van der Waals surface area contributed by atoms with Gasteiger partial charge in [0, 0.05) is 16.7 Å². The van der Waals surface area contributed by atoms with Gasteiger partial charge in [-0.25, -0.2) is 9.97 Å². The number of nitrogens with one attached hydrogen (secondary N) is 1. The fourth-order valence-electron chi connectivity index (χ4n) is 2.68. The van der Waals surface area contributed by atoms with Gasteiger partial charge in [0.15, 0.2) is 0 Å². The minimum Gasteiger partial charge on any atom is -0.351 e. The Bertz CT molecular complexity index is 959. The number of fused-ring (bicyclic) bond motifs is 3. The van der Waals surface area contributed by atoms with E-state index in [1.165, 1.54) is 11.1 Å². The van der Waals surface area contributed by atoms with Gasteiger partial charge < -0.3 is 4.98 Å². The van der Waals surface area contributed by atoms with E-state index >= 15 is 0 Å². The number of thioether (sulfide) groups is 1. The third kappa shape index (κ3) is 2.35. The van der Waals surface area contributed by atoms with Crippen molar-refractivity contribution in [3.05, 3.63) is 66.0 Å². The maximum atomic E-state index is 4.46. The number of aromatic amines is 1. The van der Waals surface area contributed by atoms with Crippen LogP contribution in [-0.2, 0) is 5.75 Å². The molecule has 0 fully saturated rings. The van der Waals surface area contributed by atoms with Gasteiger partial charge in [0.25, 0.3) is 0 Å². The van der Waals surface area contributed by atoms with Crippen LogP contribution in [0.1, 0.15) is 11.1 Å². The van der Waals surface area contributed by atoms with Crippen LogP contribution < -0.4 is 0 Å². The van der Waals surface area contributed by atoms with Crippen LogP contribution in [0.5, 0.6) is 0 Å². The fraction of sp³-hybridized carbons (Fsp3) is 0.111. The van der Waals surface area contributed by atoms with Crippen molar-refractivity contribution in [2.75, 3.05) is 0 Å². The van der Waals surface area contributed by atoms with Gasteiger partial charge in [0.05, 0.1) is 5.52 Å². The lowest BCUT2D eigenvalue weighted by atomic mass is 10.2. The largest absolute Gasteiger partial charge is 0.351 e. The lowest BCUT2D eigenvalue weighted by molar-refractivity contribution is 1.09. The monoisotopic (exact) mass is 305 g/mol. The molecular formula is C18H15N3S. The van der Waals surface area contributed by atoms with E-state index in [0.717, 1.165) is 32.7 Å². The van der Waals surface area contributed by atoms with E-state index in [9.17, 15) is 0 Å². The van der Waals surface area contributed by atoms with E-state index < -0.39 is 0 Å². The molecule has 2 aromatic heterocycles. The molecular weight excluding hydrogens is 290 g/mol. The zero-order chi connectivity index (χ0) is 14.9. The molecule has 0 aliphatic heterocycles. The highest BCUT2D eigenvalue weighted by atomic mass is 32.2. The van der Waals surface area contributed by atoms with Gasteiger partial charge in [-0.05, 0) is 18.6 Å². The summed E-state index contributed by atoms with van der Waals surface area (Å²) in [5.41, 5.74) is 5.73. The molecule has 0 aliphatic carbocycles. The first kappa shape index (κ1) is 13.3. The third-order valence-corrected chi connectivity index (χ3v) is 4.77. The molecule has 0 saturated carbocycles. The number of hydrogen-bond donors (Lipinski definition) is 1. The molecule has 2 aromatic carbocycles. The van der Waals surface area contributed by atoms with Crippen LogP contribution >= 0.6 is 11.8 Å². The van der Waals surface area contributed by atoms with Crippen LogP contribution in [0.4, 0.5) is 0 Å². The van der Waals surface area contributed by atoms with Crippen molar-refractivity contribution < 1.29 is 0 Å². The molecule has 0 aliphatic rings. The Hall–Kier alpha value is -2.33. The molecule has 0 atom stereocenters. The molecule has 4 aromatic rings. The van der Waals surface area contributed by atoms with Crippen LogP contribution in [0.25, 0.3) is 21.9 Å². The first-order chi connectivity index (χ1) is 10.8. The number of H-pyrrole nitrogens is 1. The summed E-state index contributed by atoms with van der Waals surface area (Å²) in [5, 5.41) is 2.15. The molecule has 0 saturated heterocycles. The minimum absolute atomic E-state index is 0.906. The quantitative estimate of drug-likeness (QED) is 0.440. The molecule has 2 heterocycles. The Kier molecular flexibility index (Phi) is 3.31. The molecule has 0 bridgehead atoms. The molecule has 108 valence electrons. The highest BCUT2D eigenvalue weighted by Crippen LogP contribution is 2.31. The fourth-order valence-corrected chi connectivity index (χ4v) is 3.58. The highest BCUT2D eigenvalue weighted by Gasteiger charge is 2.10. The van der Waals surface area contributed by atoms with Gasteiger partial charge in [-0.2, -0.15) is 0 Å². The Morgan fingerprint density at radius 2 is 1.95 bits per heavy atom. The normalized spacial score (nSPS) is 11.3. The molecule has 0 amide bonds. The number of aryl methyl sites for hydroxylation is 1. The second-order valence-electron chi connectivity index (χ2n) is 5.35. The molecule has 4 heteroatoms. The standard InChI is InChI=1S/C18H15N3S/c1-12-5-4-6-13(9-12)10-22-18-17-16(19-11-20-18)14-7-2-3-8-15(14)21-17/h2-9,11,21H,10H2,1H3. The van der Waals surface area contributed by atoms with Gasteiger partial charge in [-0.1, -0.05) is 59.8 Å². The summed E-state index contributed by atoms with van der Waals surface area (Å²) in [7, 11) is 0. The number of nitrogens with zero attached hydrogens (tertiary/aromatic N) is 2. The zero-order valence-electron chi connectivity index (χ0n) is 12.2. The topological polar surface area (TPSA) is 41.6 Å². The first-order valence-electron chi connectivity index (χ1n) is 7.21. The molecule has 0 spiro atoms. The number of benzene rings is 2. The lowest BCUT2D eigenvalue weighted by Crippen LogP contribution is -1.87. The second kappa shape index (κ2) is 5.46. The van der Waals surface area contributed by atoms with E-state index in [4.69, 9.17) is 0 Å². The Labute approximate surface area is 132 Å². The van der Waals surface area contributed by atoms with E-state index in [1.54, 1.807) is 18.1 Å². The van der Waals surface area contributed by atoms with Crippen molar-refractivity contribution in [2.45, 2.75) is 17.7 Å².